The molecule has 3 rings (SSSR count). The van der Waals surface area contributed by atoms with Crippen molar-refractivity contribution in [3.05, 3.63) is 65.2 Å². The molecule has 1 aromatic heterocycles. The van der Waals surface area contributed by atoms with Crippen LogP contribution in [0.15, 0.2) is 42.7 Å². The Bertz CT molecular complexity index is 650. The Kier molecular flexibility index (Phi) is 3.69. The van der Waals surface area contributed by atoms with Gasteiger partial charge in [-0.3, -0.25) is 9.78 Å². The van der Waals surface area contributed by atoms with Gasteiger partial charge in [0.05, 0.1) is 11.8 Å². The SMILES string of the molecule is Cc1ccc(CN(C(=O)c2ccncc2F)C2CC2)cc1. The van der Waals surface area contributed by atoms with Gasteiger partial charge in [-0.25, -0.2) is 4.39 Å². The summed E-state index contributed by atoms with van der Waals surface area (Å²) in [6, 6.07) is 9.76. The van der Waals surface area contributed by atoms with Crippen molar-refractivity contribution < 1.29 is 9.18 Å². The molecule has 108 valence electrons. The van der Waals surface area contributed by atoms with Gasteiger partial charge < -0.3 is 4.90 Å². The molecular weight excluding hydrogens is 267 g/mol. The van der Waals surface area contributed by atoms with Crippen molar-refractivity contribution in [1.29, 1.82) is 0 Å². The summed E-state index contributed by atoms with van der Waals surface area (Å²) in [5, 5.41) is 0. The Labute approximate surface area is 123 Å². The summed E-state index contributed by atoms with van der Waals surface area (Å²) in [5.74, 6) is -0.810. The molecule has 1 aromatic carbocycles. The summed E-state index contributed by atoms with van der Waals surface area (Å²) in [5.41, 5.74) is 2.35. The number of hydrogen-bond acceptors (Lipinski definition) is 2. The van der Waals surface area contributed by atoms with Crippen LogP contribution in [-0.2, 0) is 6.54 Å². The average Bonchev–Trinajstić information content (AvgIpc) is 3.31. The topological polar surface area (TPSA) is 33.2 Å². The molecule has 1 fully saturated rings. The monoisotopic (exact) mass is 284 g/mol. The Balaban J connectivity index is 1.83. The third kappa shape index (κ3) is 3.10. The van der Waals surface area contributed by atoms with E-state index in [0.717, 1.165) is 24.6 Å². The average molecular weight is 284 g/mol. The fourth-order valence-electron chi connectivity index (χ4n) is 2.35. The van der Waals surface area contributed by atoms with Crippen LogP contribution in [0.1, 0.15) is 34.3 Å². The molecule has 0 bridgehead atoms. The van der Waals surface area contributed by atoms with E-state index in [2.05, 4.69) is 4.98 Å². The second kappa shape index (κ2) is 5.64. The number of carbonyl (C=O) groups excluding carboxylic acids is 1. The minimum absolute atomic E-state index is 0.101. The van der Waals surface area contributed by atoms with Crippen molar-refractivity contribution in [2.45, 2.75) is 32.4 Å². The number of halogens is 1. The minimum atomic E-state index is -0.558. The highest BCUT2D eigenvalue weighted by Gasteiger charge is 2.33. The molecule has 1 amide bonds. The summed E-state index contributed by atoms with van der Waals surface area (Å²) >= 11 is 0. The molecule has 0 aliphatic heterocycles. The first-order valence-electron chi connectivity index (χ1n) is 7.11. The second-order valence-electron chi connectivity index (χ2n) is 5.51. The molecular formula is C17H17FN2O. The minimum Gasteiger partial charge on any atom is -0.331 e. The van der Waals surface area contributed by atoms with Gasteiger partial charge >= 0.3 is 0 Å². The maximum Gasteiger partial charge on any atom is 0.257 e. The van der Waals surface area contributed by atoms with Gasteiger partial charge in [-0.05, 0) is 31.4 Å². The van der Waals surface area contributed by atoms with Crippen molar-refractivity contribution in [2.75, 3.05) is 0 Å². The normalized spacial score (nSPS) is 14.0. The van der Waals surface area contributed by atoms with Crippen LogP contribution in [-0.4, -0.2) is 21.8 Å². The molecule has 3 nitrogen and oxygen atoms in total. The standard InChI is InChI=1S/C17H17FN2O/c1-12-2-4-13(5-3-12)11-20(14-6-7-14)17(21)15-8-9-19-10-16(15)18/h2-5,8-10,14H,6-7,11H2,1H3. The zero-order chi connectivity index (χ0) is 14.8. The maximum atomic E-state index is 13.8. The fraction of sp³-hybridized carbons (Fsp3) is 0.294. The highest BCUT2D eigenvalue weighted by atomic mass is 19.1. The summed E-state index contributed by atoms with van der Waals surface area (Å²) in [7, 11) is 0. The van der Waals surface area contributed by atoms with E-state index in [1.165, 1.54) is 17.8 Å². The quantitative estimate of drug-likeness (QED) is 0.862. The molecule has 1 aliphatic rings. The highest BCUT2D eigenvalue weighted by Crippen LogP contribution is 2.30. The van der Waals surface area contributed by atoms with E-state index >= 15 is 0 Å². The van der Waals surface area contributed by atoms with E-state index in [1.807, 2.05) is 31.2 Å². The zero-order valence-corrected chi connectivity index (χ0v) is 11.9. The summed E-state index contributed by atoms with van der Waals surface area (Å²) in [6.07, 6.45) is 4.52. The summed E-state index contributed by atoms with van der Waals surface area (Å²) in [4.78, 5) is 18.0. The highest BCUT2D eigenvalue weighted by molar-refractivity contribution is 5.94. The number of amides is 1. The van der Waals surface area contributed by atoms with E-state index in [1.54, 1.807) is 4.90 Å². The first-order valence-corrected chi connectivity index (χ1v) is 7.11. The lowest BCUT2D eigenvalue weighted by molar-refractivity contribution is 0.0725. The third-order valence-electron chi connectivity index (χ3n) is 3.72. The maximum absolute atomic E-state index is 13.8. The molecule has 2 aromatic rings. The number of nitrogens with zero attached hydrogens (tertiary/aromatic N) is 2. The van der Waals surface area contributed by atoms with Crippen LogP contribution >= 0.6 is 0 Å². The van der Waals surface area contributed by atoms with Crippen LogP contribution in [0.3, 0.4) is 0 Å². The van der Waals surface area contributed by atoms with Gasteiger partial charge in [0.15, 0.2) is 5.82 Å². The van der Waals surface area contributed by atoms with Crippen LogP contribution in [0, 0.1) is 12.7 Å². The van der Waals surface area contributed by atoms with Gasteiger partial charge in [0, 0.05) is 18.8 Å². The largest absolute Gasteiger partial charge is 0.331 e. The molecule has 1 aliphatic carbocycles. The predicted octanol–water partition coefficient (Wildman–Crippen LogP) is 3.33. The molecule has 0 radical (unpaired) electrons. The first kappa shape index (κ1) is 13.7. The van der Waals surface area contributed by atoms with Gasteiger partial charge in [0.1, 0.15) is 0 Å². The van der Waals surface area contributed by atoms with Crippen molar-refractivity contribution in [3.8, 4) is 0 Å². The molecule has 4 heteroatoms. The zero-order valence-electron chi connectivity index (χ0n) is 11.9. The van der Waals surface area contributed by atoms with Crippen molar-refractivity contribution in [3.63, 3.8) is 0 Å². The van der Waals surface area contributed by atoms with Crippen LogP contribution in [0.5, 0.6) is 0 Å². The molecule has 21 heavy (non-hydrogen) atoms. The predicted molar refractivity (Wildman–Crippen MR) is 78.3 cm³/mol. The molecule has 0 N–H and O–H groups in total. The first-order chi connectivity index (χ1) is 10.1. The van der Waals surface area contributed by atoms with Crippen molar-refractivity contribution >= 4 is 5.91 Å². The Morgan fingerprint density at radius 1 is 1.29 bits per heavy atom. The van der Waals surface area contributed by atoms with Crippen molar-refractivity contribution in [2.24, 2.45) is 0 Å². The molecule has 0 spiro atoms. The Morgan fingerprint density at radius 2 is 2.00 bits per heavy atom. The fourth-order valence-corrected chi connectivity index (χ4v) is 2.35. The molecule has 1 saturated carbocycles. The molecule has 0 saturated heterocycles. The van der Waals surface area contributed by atoms with Gasteiger partial charge in [0.2, 0.25) is 0 Å². The second-order valence-corrected chi connectivity index (χ2v) is 5.51. The van der Waals surface area contributed by atoms with E-state index in [4.69, 9.17) is 0 Å². The lowest BCUT2D eigenvalue weighted by Gasteiger charge is -2.23. The van der Waals surface area contributed by atoms with E-state index < -0.39 is 5.82 Å². The third-order valence-corrected chi connectivity index (χ3v) is 3.72. The number of aryl methyl sites for hydroxylation is 1. The number of benzene rings is 1. The Morgan fingerprint density at radius 3 is 2.62 bits per heavy atom. The van der Waals surface area contributed by atoms with Crippen LogP contribution < -0.4 is 0 Å². The molecule has 0 atom stereocenters. The van der Waals surface area contributed by atoms with Crippen LogP contribution in [0.2, 0.25) is 0 Å². The molecule has 1 heterocycles. The Hall–Kier alpha value is -2.23. The number of aromatic nitrogens is 1. The smallest absolute Gasteiger partial charge is 0.257 e. The van der Waals surface area contributed by atoms with E-state index in [9.17, 15) is 9.18 Å². The van der Waals surface area contributed by atoms with Crippen LogP contribution in [0.25, 0.3) is 0 Å². The summed E-state index contributed by atoms with van der Waals surface area (Å²) < 4.78 is 13.8. The van der Waals surface area contributed by atoms with Gasteiger partial charge in [-0.2, -0.15) is 0 Å². The van der Waals surface area contributed by atoms with E-state index in [-0.39, 0.29) is 17.5 Å². The number of carbonyl (C=O) groups is 1. The van der Waals surface area contributed by atoms with E-state index in [0.29, 0.717) is 6.54 Å². The van der Waals surface area contributed by atoms with Crippen molar-refractivity contribution in [1.82, 2.24) is 9.88 Å². The number of pyridine rings is 1. The summed E-state index contributed by atoms with van der Waals surface area (Å²) in [6.45, 7) is 2.55. The van der Waals surface area contributed by atoms with Crippen LogP contribution in [0.4, 0.5) is 4.39 Å². The number of rotatable bonds is 4. The lowest BCUT2D eigenvalue weighted by Crippen LogP contribution is -2.33. The molecule has 0 unspecified atom stereocenters. The lowest BCUT2D eigenvalue weighted by atomic mass is 10.1. The van der Waals surface area contributed by atoms with Gasteiger partial charge in [0.25, 0.3) is 5.91 Å². The van der Waals surface area contributed by atoms with Gasteiger partial charge in [-0.15, -0.1) is 0 Å². The van der Waals surface area contributed by atoms with Gasteiger partial charge in [-0.1, -0.05) is 29.8 Å². The number of hydrogen-bond donors (Lipinski definition) is 0.